The third kappa shape index (κ3) is 5.21. The van der Waals surface area contributed by atoms with Gasteiger partial charge >= 0.3 is 5.97 Å². The fraction of sp³-hybridized carbons (Fsp3) is 0.455. The number of carbonyl (C=O) groups is 1. The van der Waals surface area contributed by atoms with E-state index in [1.54, 1.807) is 34.9 Å². The molecule has 29 heavy (non-hydrogen) atoms. The lowest BCUT2D eigenvalue weighted by atomic mass is 10.1. The van der Waals surface area contributed by atoms with Gasteiger partial charge in [0.05, 0.1) is 16.3 Å². The molecule has 3 rings (SSSR count). The maximum Gasteiger partial charge on any atom is 0.335 e. The Morgan fingerprint density at radius 3 is 2.59 bits per heavy atom. The van der Waals surface area contributed by atoms with Gasteiger partial charge < -0.3 is 9.67 Å². The van der Waals surface area contributed by atoms with Crippen LogP contribution in [0.15, 0.2) is 35.1 Å². The lowest BCUT2D eigenvalue weighted by Crippen LogP contribution is -2.33. The van der Waals surface area contributed by atoms with Crippen molar-refractivity contribution in [1.82, 2.24) is 9.47 Å². The van der Waals surface area contributed by atoms with E-state index in [4.69, 9.17) is 28.3 Å². The molecule has 1 saturated heterocycles. The molecule has 0 spiro atoms. The zero-order valence-electron chi connectivity index (χ0n) is 16.5. The van der Waals surface area contributed by atoms with Gasteiger partial charge in [-0.3, -0.25) is 9.69 Å². The second-order valence-corrected chi connectivity index (χ2v) is 8.37. The summed E-state index contributed by atoms with van der Waals surface area (Å²) in [6.07, 6.45) is 5.21. The number of halogens is 2. The van der Waals surface area contributed by atoms with Gasteiger partial charge in [0.15, 0.2) is 0 Å². The smallest absolute Gasteiger partial charge is 0.335 e. The third-order valence-electron chi connectivity index (χ3n) is 5.60. The Morgan fingerprint density at radius 2 is 1.93 bits per heavy atom. The number of pyridine rings is 1. The monoisotopic (exact) mass is 436 g/mol. The van der Waals surface area contributed by atoms with Crippen molar-refractivity contribution in [2.24, 2.45) is 0 Å². The molecule has 7 heteroatoms. The van der Waals surface area contributed by atoms with Crippen molar-refractivity contribution in [3.63, 3.8) is 0 Å². The van der Waals surface area contributed by atoms with E-state index in [1.807, 2.05) is 0 Å². The van der Waals surface area contributed by atoms with Crippen molar-refractivity contribution in [3.05, 3.63) is 67.6 Å². The quantitative estimate of drug-likeness (QED) is 0.641. The third-order valence-corrected chi connectivity index (χ3v) is 6.20. The Hall–Kier alpha value is -1.82. The molecule has 1 aliphatic heterocycles. The van der Waals surface area contributed by atoms with Crippen LogP contribution in [0, 0.1) is 0 Å². The van der Waals surface area contributed by atoms with Gasteiger partial charge in [0.1, 0.15) is 5.02 Å². The van der Waals surface area contributed by atoms with Crippen molar-refractivity contribution in [1.29, 1.82) is 0 Å². The summed E-state index contributed by atoms with van der Waals surface area (Å²) in [5.41, 5.74) is 1.76. The zero-order valence-corrected chi connectivity index (χ0v) is 18.0. The van der Waals surface area contributed by atoms with Gasteiger partial charge in [-0.15, -0.1) is 0 Å². The normalized spacial score (nSPS) is 17.0. The molecule has 1 aromatic carbocycles. The average molecular weight is 437 g/mol. The maximum absolute atomic E-state index is 12.8. The number of aryl methyl sites for hydroxylation is 1. The molecule has 1 fully saturated rings. The minimum absolute atomic E-state index is 0.117. The van der Waals surface area contributed by atoms with Crippen molar-refractivity contribution < 1.29 is 9.90 Å². The van der Waals surface area contributed by atoms with Gasteiger partial charge in [0, 0.05) is 19.1 Å². The zero-order chi connectivity index (χ0) is 21.0. The molecule has 1 N–H and O–H groups in total. The number of benzene rings is 1. The number of likely N-dealkylation sites (tertiary alicyclic amines) is 1. The molecule has 0 amide bonds. The number of rotatable bonds is 8. The van der Waals surface area contributed by atoms with E-state index in [1.165, 1.54) is 6.42 Å². The highest BCUT2D eigenvalue weighted by molar-refractivity contribution is 6.34. The fourth-order valence-corrected chi connectivity index (χ4v) is 4.58. The first kappa shape index (κ1) is 21.9. The molecule has 0 unspecified atom stereocenters. The second-order valence-electron chi connectivity index (χ2n) is 7.55. The standard InChI is InChI=1S/C22H26Cl2N2O3/c1-2-4-17-5-3-11-25(17)14-20-18(23)13-19(24)21(27)26(20)12-10-15-6-8-16(9-7-15)22(28)29/h6-9,13,17H,2-5,10-12,14H2,1H3,(H,28,29)/t17-/m0/s1. The van der Waals surface area contributed by atoms with Gasteiger partial charge in [-0.1, -0.05) is 48.7 Å². The first-order chi connectivity index (χ1) is 13.9. The summed E-state index contributed by atoms with van der Waals surface area (Å²) in [7, 11) is 0. The molecule has 1 atom stereocenters. The van der Waals surface area contributed by atoms with Crippen LogP contribution in [-0.4, -0.2) is 33.1 Å². The highest BCUT2D eigenvalue weighted by atomic mass is 35.5. The Kier molecular flexibility index (Phi) is 7.38. The molecule has 1 aromatic heterocycles. The van der Waals surface area contributed by atoms with Crippen LogP contribution in [0.3, 0.4) is 0 Å². The number of hydrogen-bond acceptors (Lipinski definition) is 3. The van der Waals surface area contributed by atoms with E-state index in [0.29, 0.717) is 30.6 Å². The van der Waals surface area contributed by atoms with Crippen molar-refractivity contribution in [3.8, 4) is 0 Å². The summed E-state index contributed by atoms with van der Waals surface area (Å²) >= 11 is 12.6. The van der Waals surface area contributed by atoms with E-state index in [9.17, 15) is 9.59 Å². The molecule has 0 radical (unpaired) electrons. The second kappa shape index (κ2) is 9.79. The van der Waals surface area contributed by atoms with Crippen LogP contribution >= 0.6 is 23.2 Å². The van der Waals surface area contributed by atoms with E-state index in [0.717, 1.165) is 37.1 Å². The Morgan fingerprint density at radius 1 is 1.21 bits per heavy atom. The van der Waals surface area contributed by atoms with Gasteiger partial charge in [0.25, 0.3) is 5.56 Å². The summed E-state index contributed by atoms with van der Waals surface area (Å²) in [4.78, 5) is 26.2. The minimum atomic E-state index is -0.955. The Labute approximate surface area is 180 Å². The molecule has 156 valence electrons. The summed E-state index contributed by atoms with van der Waals surface area (Å²) < 4.78 is 1.68. The molecule has 0 bridgehead atoms. The average Bonchev–Trinajstić information content (AvgIpc) is 3.13. The van der Waals surface area contributed by atoms with Crippen LogP contribution < -0.4 is 5.56 Å². The van der Waals surface area contributed by atoms with Crippen LogP contribution in [0.4, 0.5) is 0 Å². The predicted octanol–water partition coefficient (Wildman–Crippen LogP) is 4.86. The summed E-state index contributed by atoms with van der Waals surface area (Å²) in [5, 5.41) is 9.66. The van der Waals surface area contributed by atoms with Gasteiger partial charge in [0.2, 0.25) is 0 Å². The lowest BCUT2D eigenvalue weighted by molar-refractivity contribution is 0.0697. The number of aromatic nitrogens is 1. The van der Waals surface area contributed by atoms with E-state index >= 15 is 0 Å². The molecular formula is C22H26Cl2N2O3. The molecule has 5 nitrogen and oxygen atoms in total. The van der Waals surface area contributed by atoms with Crippen LogP contribution in [-0.2, 0) is 19.5 Å². The van der Waals surface area contributed by atoms with Gasteiger partial charge in [-0.25, -0.2) is 4.79 Å². The minimum Gasteiger partial charge on any atom is -0.478 e. The topological polar surface area (TPSA) is 62.5 Å². The highest BCUT2D eigenvalue weighted by Gasteiger charge is 2.26. The van der Waals surface area contributed by atoms with Crippen LogP contribution in [0.25, 0.3) is 0 Å². The number of hydrogen-bond donors (Lipinski definition) is 1. The fourth-order valence-electron chi connectivity index (χ4n) is 4.04. The van der Waals surface area contributed by atoms with Gasteiger partial charge in [-0.2, -0.15) is 0 Å². The SMILES string of the molecule is CCC[C@H]1CCCN1Cc1c(Cl)cc(Cl)c(=O)n1CCc1ccc(C(=O)O)cc1. The molecule has 0 aliphatic carbocycles. The van der Waals surface area contributed by atoms with Crippen molar-refractivity contribution >= 4 is 29.2 Å². The molecule has 1 aliphatic rings. The predicted molar refractivity (Wildman–Crippen MR) is 116 cm³/mol. The summed E-state index contributed by atoms with van der Waals surface area (Å²) in [5.74, 6) is -0.955. The first-order valence-electron chi connectivity index (χ1n) is 10.0. The van der Waals surface area contributed by atoms with Crippen LogP contribution in [0.1, 0.15) is 54.2 Å². The van der Waals surface area contributed by atoms with E-state index in [-0.39, 0.29) is 16.1 Å². The van der Waals surface area contributed by atoms with Crippen molar-refractivity contribution in [2.45, 2.75) is 58.2 Å². The van der Waals surface area contributed by atoms with Gasteiger partial charge in [-0.05, 0) is 56.0 Å². The van der Waals surface area contributed by atoms with Crippen molar-refractivity contribution in [2.75, 3.05) is 6.54 Å². The first-order valence-corrected chi connectivity index (χ1v) is 10.8. The number of aromatic carboxylic acids is 1. The highest BCUT2D eigenvalue weighted by Crippen LogP contribution is 2.27. The number of nitrogens with zero attached hydrogens (tertiary/aromatic N) is 2. The molecular weight excluding hydrogens is 411 g/mol. The maximum atomic E-state index is 12.8. The molecule has 2 heterocycles. The lowest BCUT2D eigenvalue weighted by Gasteiger charge is -2.26. The summed E-state index contributed by atoms with van der Waals surface area (Å²) in [6.45, 7) is 4.27. The van der Waals surface area contributed by atoms with E-state index < -0.39 is 5.97 Å². The van der Waals surface area contributed by atoms with Crippen LogP contribution in [0.5, 0.6) is 0 Å². The van der Waals surface area contributed by atoms with Crippen LogP contribution in [0.2, 0.25) is 10.0 Å². The molecule has 2 aromatic rings. The Balaban J connectivity index is 1.83. The van der Waals surface area contributed by atoms with E-state index in [2.05, 4.69) is 11.8 Å². The number of carboxylic acid groups (broad SMARTS) is 1. The largest absolute Gasteiger partial charge is 0.478 e. The number of carboxylic acids is 1. The summed E-state index contributed by atoms with van der Waals surface area (Å²) in [6, 6.07) is 8.77. The Bertz CT molecular complexity index is 925. The molecule has 0 saturated carbocycles.